The SMILES string of the molecule is Cc1cc(S(=O)(=O)NC(=O)Cc2c[nH]c3ccc(F)cc23)cc([N+](=O)[O-])c1C. The van der Waals surface area contributed by atoms with Crippen LogP contribution in [-0.4, -0.2) is 24.2 Å². The summed E-state index contributed by atoms with van der Waals surface area (Å²) in [4.78, 5) is 25.2. The number of halogens is 1. The van der Waals surface area contributed by atoms with Crippen LogP contribution in [0.4, 0.5) is 10.1 Å². The van der Waals surface area contributed by atoms with Crippen molar-refractivity contribution in [3.05, 3.63) is 69.2 Å². The number of benzene rings is 2. The second-order valence-corrected chi connectivity index (χ2v) is 8.03. The number of aromatic amines is 1. The molecular formula is C18H16FN3O5S. The number of rotatable bonds is 5. The Morgan fingerprint density at radius 1 is 1.25 bits per heavy atom. The van der Waals surface area contributed by atoms with E-state index in [0.29, 0.717) is 27.6 Å². The van der Waals surface area contributed by atoms with Crippen molar-refractivity contribution in [3.8, 4) is 0 Å². The van der Waals surface area contributed by atoms with Crippen molar-refractivity contribution in [2.24, 2.45) is 0 Å². The number of hydrogen-bond acceptors (Lipinski definition) is 5. The quantitative estimate of drug-likeness (QED) is 0.499. The lowest BCUT2D eigenvalue weighted by Crippen LogP contribution is -2.32. The van der Waals surface area contributed by atoms with Crippen LogP contribution in [0.3, 0.4) is 0 Å². The third kappa shape index (κ3) is 3.72. The Bertz CT molecular complexity index is 1220. The molecule has 0 aliphatic heterocycles. The average Bonchev–Trinajstić information content (AvgIpc) is 2.98. The van der Waals surface area contributed by atoms with E-state index in [-0.39, 0.29) is 17.0 Å². The number of aromatic nitrogens is 1. The molecule has 0 bridgehead atoms. The van der Waals surface area contributed by atoms with Crippen LogP contribution in [0.1, 0.15) is 16.7 Å². The molecule has 0 saturated carbocycles. The summed E-state index contributed by atoms with van der Waals surface area (Å²) in [5, 5.41) is 11.6. The van der Waals surface area contributed by atoms with Crippen molar-refractivity contribution in [2.75, 3.05) is 0 Å². The predicted octanol–water partition coefficient (Wildman–Crippen LogP) is 2.88. The van der Waals surface area contributed by atoms with E-state index < -0.39 is 26.7 Å². The van der Waals surface area contributed by atoms with Crippen LogP contribution in [0.2, 0.25) is 0 Å². The van der Waals surface area contributed by atoms with Gasteiger partial charge in [-0.15, -0.1) is 0 Å². The molecule has 0 aliphatic rings. The van der Waals surface area contributed by atoms with Crippen LogP contribution < -0.4 is 4.72 Å². The highest BCUT2D eigenvalue weighted by Crippen LogP contribution is 2.26. The largest absolute Gasteiger partial charge is 0.361 e. The fourth-order valence-corrected chi connectivity index (χ4v) is 3.96. The third-order valence-electron chi connectivity index (χ3n) is 4.45. The van der Waals surface area contributed by atoms with Gasteiger partial charge in [0.2, 0.25) is 5.91 Å². The van der Waals surface area contributed by atoms with Crippen LogP contribution in [0.15, 0.2) is 41.4 Å². The average molecular weight is 405 g/mol. The molecule has 1 aromatic heterocycles. The minimum Gasteiger partial charge on any atom is -0.361 e. The first-order valence-corrected chi connectivity index (χ1v) is 9.63. The molecule has 0 radical (unpaired) electrons. The van der Waals surface area contributed by atoms with Gasteiger partial charge in [-0.2, -0.15) is 0 Å². The molecule has 0 unspecified atom stereocenters. The van der Waals surface area contributed by atoms with E-state index in [1.54, 1.807) is 6.92 Å². The molecule has 2 aromatic carbocycles. The molecule has 10 heteroatoms. The summed E-state index contributed by atoms with van der Waals surface area (Å²) < 4.78 is 40.3. The third-order valence-corrected chi connectivity index (χ3v) is 5.80. The first-order chi connectivity index (χ1) is 13.1. The normalized spacial score (nSPS) is 11.5. The molecule has 146 valence electrons. The van der Waals surface area contributed by atoms with Gasteiger partial charge in [-0.3, -0.25) is 14.9 Å². The molecule has 1 amide bonds. The predicted molar refractivity (Wildman–Crippen MR) is 99.9 cm³/mol. The first-order valence-electron chi connectivity index (χ1n) is 8.15. The molecule has 2 N–H and O–H groups in total. The highest BCUT2D eigenvalue weighted by molar-refractivity contribution is 7.90. The van der Waals surface area contributed by atoms with Crippen molar-refractivity contribution in [1.29, 1.82) is 0 Å². The highest BCUT2D eigenvalue weighted by Gasteiger charge is 2.24. The number of nitro benzene ring substituents is 1. The smallest absolute Gasteiger partial charge is 0.273 e. The Hall–Kier alpha value is -3.27. The maximum absolute atomic E-state index is 13.4. The Labute approximate surface area is 159 Å². The Balaban J connectivity index is 1.87. The topological polar surface area (TPSA) is 122 Å². The maximum atomic E-state index is 13.4. The second-order valence-electron chi connectivity index (χ2n) is 6.35. The first kappa shape index (κ1) is 19.5. The van der Waals surface area contributed by atoms with Gasteiger partial charge in [0, 0.05) is 28.7 Å². The van der Waals surface area contributed by atoms with Gasteiger partial charge < -0.3 is 4.98 Å². The molecule has 3 rings (SSSR count). The van der Waals surface area contributed by atoms with Crippen LogP contribution in [0.5, 0.6) is 0 Å². The summed E-state index contributed by atoms with van der Waals surface area (Å²) >= 11 is 0. The van der Waals surface area contributed by atoms with Crippen LogP contribution in [0, 0.1) is 29.8 Å². The standard InChI is InChI=1S/C18H16FN3O5S/c1-10-5-14(8-17(11(10)2)22(24)25)28(26,27)21-18(23)6-12-9-20-16-4-3-13(19)7-15(12)16/h3-5,7-9,20H,6H2,1-2H3,(H,21,23). The molecule has 0 aliphatic carbocycles. The molecule has 8 nitrogen and oxygen atoms in total. The van der Waals surface area contributed by atoms with Gasteiger partial charge in [0.25, 0.3) is 15.7 Å². The molecule has 0 fully saturated rings. The number of carbonyl (C=O) groups excluding carboxylic acids is 1. The number of sulfonamides is 1. The zero-order chi connectivity index (χ0) is 20.6. The Kier molecular flexibility index (Phi) is 4.90. The zero-order valence-electron chi connectivity index (χ0n) is 14.9. The maximum Gasteiger partial charge on any atom is 0.273 e. The van der Waals surface area contributed by atoms with Crippen molar-refractivity contribution in [1.82, 2.24) is 9.71 Å². The van der Waals surface area contributed by atoms with E-state index in [1.807, 2.05) is 4.72 Å². The van der Waals surface area contributed by atoms with E-state index >= 15 is 0 Å². The Morgan fingerprint density at radius 3 is 2.64 bits per heavy atom. The summed E-state index contributed by atoms with van der Waals surface area (Å²) in [6.07, 6.45) is 1.19. The summed E-state index contributed by atoms with van der Waals surface area (Å²) in [5.41, 5.74) is 1.44. The van der Waals surface area contributed by atoms with E-state index in [1.165, 1.54) is 37.4 Å². The monoisotopic (exact) mass is 405 g/mol. The van der Waals surface area contributed by atoms with Gasteiger partial charge in [0.15, 0.2) is 0 Å². The van der Waals surface area contributed by atoms with Gasteiger partial charge in [0.05, 0.1) is 16.2 Å². The minimum absolute atomic E-state index is 0.310. The number of carbonyl (C=O) groups is 1. The van der Waals surface area contributed by atoms with Crippen LogP contribution in [-0.2, 0) is 21.2 Å². The summed E-state index contributed by atoms with van der Waals surface area (Å²) in [7, 11) is -4.31. The van der Waals surface area contributed by atoms with Crippen molar-refractivity contribution in [3.63, 3.8) is 0 Å². The molecule has 28 heavy (non-hydrogen) atoms. The molecular weight excluding hydrogens is 389 g/mol. The summed E-state index contributed by atoms with van der Waals surface area (Å²) in [5.74, 6) is -1.32. The Morgan fingerprint density at radius 2 is 1.96 bits per heavy atom. The second kappa shape index (κ2) is 7.04. The zero-order valence-corrected chi connectivity index (χ0v) is 15.8. The highest BCUT2D eigenvalue weighted by atomic mass is 32.2. The van der Waals surface area contributed by atoms with E-state index in [2.05, 4.69) is 4.98 Å². The van der Waals surface area contributed by atoms with E-state index in [0.717, 1.165) is 6.07 Å². The number of nitrogens with zero attached hydrogens (tertiary/aromatic N) is 1. The number of fused-ring (bicyclic) bond motifs is 1. The lowest BCUT2D eigenvalue weighted by Gasteiger charge is -2.09. The van der Waals surface area contributed by atoms with E-state index in [4.69, 9.17) is 0 Å². The lowest BCUT2D eigenvalue weighted by molar-refractivity contribution is -0.385. The molecule has 0 spiro atoms. The lowest BCUT2D eigenvalue weighted by atomic mass is 10.1. The van der Waals surface area contributed by atoms with Crippen molar-refractivity contribution in [2.45, 2.75) is 25.2 Å². The number of H-pyrrole nitrogens is 1. The van der Waals surface area contributed by atoms with Crippen LogP contribution >= 0.6 is 0 Å². The van der Waals surface area contributed by atoms with E-state index in [9.17, 15) is 27.7 Å². The van der Waals surface area contributed by atoms with Gasteiger partial charge in [-0.05, 0) is 49.2 Å². The number of nitro groups is 1. The summed E-state index contributed by atoms with van der Waals surface area (Å²) in [6.45, 7) is 3.06. The van der Waals surface area contributed by atoms with Crippen LogP contribution in [0.25, 0.3) is 10.9 Å². The fraction of sp³-hybridized carbons (Fsp3) is 0.167. The number of nitrogens with one attached hydrogen (secondary N) is 2. The molecule has 1 heterocycles. The number of amides is 1. The molecule has 0 atom stereocenters. The van der Waals surface area contributed by atoms with Gasteiger partial charge in [-0.1, -0.05) is 0 Å². The van der Waals surface area contributed by atoms with Gasteiger partial charge in [-0.25, -0.2) is 17.5 Å². The van der Waals surface area contributed by atoms with Gasteiger partial charge in [0.1, 0.15) is 5.82 Å². The molecule has 0 saturated heterocycles. The van der Waals surface area contributed by atoms with Crippen molar-refractivity contribution < 1.29 is 22.5 Å². The fourth-order valence-electron chi connectivity index (χ4n) is 2.87. The van der Waals surface area contributed by atoms with Crippen molar-refractivity contribution >= 4 is 32.5 Å². The summed E-state index contributed by atoms with van der Waals surface area (Å²) in [6, 6.07) is 6.20. The number of aryl methyl sites for hydroxylation is 1. The van der Waals surface area contributed by atoms with Gasteiger partial charge >= 0.3 is 0 Å². The molecule has 3 aromatic rings. The minimum atomic E-state index is -4.31. The number of hydrogen-bond donors (Lipinski definition) is 2.